The lowest BCUT2D eigenvalue weighted by molar-refractivity contribution is -0.134. The smallest absolute Gasteiger partial charge is 0.273 e. The van der Waals surface area contributed by atoms with Crippen molar-refractivity contribution in [2.24, 2.45) is 10.9 Å². The number of β-amino-alcohol motifs (C(OH)–C–C–N with tert-alkyl or cyclic N) is 1. The van der Waals surface area contributed by atoms with Gasteiger partial charge < -0.3 is 44.1 Å². The quantitative estimate of drug-likeness (QED) is 0.0848. The zero-order valence-corrected chi connectivity index (χ0v) is 45.8. The highest BCUT2D eigenvalue weighted by Gasteiger charge is 2.47. The molecule has 2 bridgehead atoms. The van der Waals surface area contributed by atoms with Gasteiger partial charge in [0.05, 0.1) is 23.5 Å². The van der Waals surface area contributed by atoms with Gasteiger partial charge in [-0.25, -0.2) is 29.7 Å². The molecule has 80 heavy (non-hydrogen) atoms. The number of halogens is 2. The number of aliphatic imine (C=N–C) groups is 1. The molecule has 4 aromatic heterocycles. The second-order valence-corrected chi connectivity index (χ2v) is 23.5. The van der Waals surface area contributed by atoms with Crippen LogP contribution in [0.3, 0.4) is 0 Å². The fraction of sp³-hybridized carbons (Fsp3) is 0.450. The highest BCUT2D eigenvalue weighted by molar-refractivity contribution is 6.32. The lowest BCUT2D eigenvalue weighted by Gasteiger charge is -2.42. The number of aliphatic hydroxyl groups excluding tert-OH is 1. The van der Waals surface area contributed by atoms with Crippen molar-refractivity contribution in [3.8, 4) is 34.0 Å². The number of likely N-dealkylation sites (tertiary alicyclic amines) is 2. The number of anilines is 2. The van der Waals surface area contributed by atoms with E-state index < -0.39 is 23.8 Å². The van der Waals surface area contributed by atoms with Crippen molar-refractivity contribution >= 4 is 46.0 Å². The molecule has 0 radical (unpaired) electrons. The van der Waals surface area contributed by atoms with E-state index in [9.17, 15) is 19.4 Å². The average molecular weight is 1110 g/mol. The predicted molar refractivity (Wildman–Crippen MR) is 301 cm³/mol. The number of hydrogen-bond donors (Lipinski definition) is 4. The first-order valence-corrected chi connectivity index (χ1v) is 28.7. The standard InChI is InChI=1S/C60H66ClFN12O6/c1-34(2)52(58(77)73-33-42(75)26-49(73)56-66-60(3,80-69-56)38-14-12-36(13-15-38)44-8-4-6-10-47(44)62)54-53(61)57(70-79-54)78-43-20-18-39(19-21-43)71-24-22-35(23-25-71)37-28-64-59(65-29-37)74-40-16-17-41(74)32-72(31-40)50-30-63-55-46(50)27-48(67-68-55)45-9-5-7-11-51(45)76/h4-15,27-30,34-35,39-43,49,52,75-76H,16-26,31-33H2,1-3H3,(H,63,68)(H,66,69)/t39?,40?,41?,42-,43?,49+,52-,60-/m1/s1. The third-order valence-electron chi connectivity index (χ3n) is 17.8. The van der Waals surface area contributed by atoms with Gasteiger partial charge in [-0.15, -0.1) is 10.2 Å². The summed E-state index contributed by atoms with van der Waals surface area (Å²) in [6.45, 7) is 9.51. The third kappa shape index (κ3) is 9.78. The molecule has 1 amide bonds. The summed E-state index contributed by atoms with van der Waals surface area (Å²) in [5, 5.41) is 35.8. The molecule has 4 N–H and O–H groups in total. The molecule has 5 fully saturated rings. The number of piperidine rings is 1. The maximum absolute atomic E-state index is 14.6. The fourth-order valence-corrected chi connectivity index (χ4v) is 13.7. The fourth-order valence-electron chi connectivity index (χ4n) is 13.5. The molecular formula is C60H66ClFN12O6. The number of phenols is 1. The van der Waals surface area contributed by atoms with Gasteiger partial charge in [-0.3, -0.25) is 4.79 Å². The van der Waals surface area contributed by atoms with E-state index in [1.54, 1.807) is 35.2 Å². The molecule has 1 saturated carbocycles. The highest BCUT2D eigenvalue weighted by atomic mass is 35.5. The van der Waals surface area contributed by atoms with Crippen LogP contribution in [0.25, 0.3) is 33.4 Å². The Kier molecular flexibility index (Phi) is 13.9. The summed E-state index contributed by atoms with van der Waals surface area (Å²) in [5.74, 6) is 0.647. The number of aromatic amines is 1. The number of rotatable bonds is 13. The van der Waals surface area contributed by atoms with Crippen molar-refractivity contribution in [1.82, 2.24) is 45.6 Å². The summed E-state index contributed by atoms with van der Waals surface area (Å²) >= 11 is 7.02. The van der Waals surface area contributed by atoms with Gasteiger partial charge in [-0.2, -0.15) is 0 Å². The number of ether oxygens (including phenoxy) is 1. The van der Waals surface area contributed by atoms with Crippen LogP contribution in [0, 0.1) is 11.7 Å². The van der Waals surface area contributed by atoms with Gasteiger partial charge in [0, 0.05) is 84.8 Å². The zero-order valence-electron chi connectivity index (χ0n) is 45.1. The number of piperazine rings is 1. The number of aromatic nitrogens is 6. The van der Waals surface area contributed by atoms with Gasteiger partial charge in [0.1, 0.15) is 34.4 Å². The van der Waals surface area contributed by atoms with Gasteiger partial charge in [0.15, 0.2) is 11.4 Å². The molecule has 13 rings (SSSR count). The number of amides is 1. The van der Waals surface area contributed by atoms with Crippen LogP contribution in [0.4, 0.5) is 16.0 Å². The van der Waals surface area contributed by atoms with E-state index in [2.05, 4.69) is 52.9 Å². The van der Waals surface area contributed by atoms with E-state index >= 15 is 0 Å². The van der Waals surface area contributed by atoms with Crippen LogP contribution >= 0.6 is 11.6 Å². The number of amidine groups is 1. The number of phenolic OH excluding ortho intramolecular Hbond substituents is 1. The third-order valence-corrected chi connectivity index (χ3v) is 18.1. The van der Waals surface area contributed by atoms with Crippen LogP contribution in [-0.2, 0) is 15.4 Å². The van der Waals surface area contributed by atoms with E-state index in [1.807, 2.05) is 69.4 Å². The number of aromatic hydroxyl groups is 1. The zero-order chi connectivity index (χ0) is 54.8. The number of para-hydroxylation sites is 1. The second-order valence-electron chi connectivity index (χ2n) is 23.1. The Bertz CT molecular complexity index is 3400. The van der Waals surface area contributed by atoms with Crippen molar-refractivity contribution < 1.29 is 33.5 Å². The molecule has 7 aromatic rings. The molecule has 2 unspecified atom stereocenters. The van der Waals surface area contributed by atoms with E-state index in [-0.39, 0.29) is 59.1 Å². The summed E-state index contributed by atoms with van der Waals surface area (Å²) in [7, 11) is 0. The molecule has 4 saturated heterocycles. The number of hydroxylamine groups is 1. The van der Waals surface area contributed by atoms with Gasteiger partial charge in [0.2, 0.25) is 17.6 Å². The lowest BCUT2D eigenvalue weighted by atomic mass is 9.87. The van der Waals surface area contributed by atoms with Crippen molar-refractivity contribution in [3.05, 3.63) is 125 Å². The first kappa shape index (κ1) is 52.2. The lowest BCUT2D eigenvalue weighted by Crippen LogP contribution is -2.54. The van der Waals surface area contributed by atoms with Crippen molar-refractivity contribution in [2.45, 2.75) is 132 Å². The average Bonchev–Trinajstić information content (AvgIpc) is 4.39. The Morgan fingerprint density at radius 3 is 2.29 bits per heavy atom. The highest BCUT2D eigenvalue weighted by Crippen LogP contribution is 2.43. The monoisotopic (exact) mass is 1100 g/mol. The van der Waals surface area contributed by atoms with Crippen molar-refractivity contribution in [1.29, 1.82) is 0 Å². The number of carbonyl (C=O) groups excluding carboxylic acids is 1. The predicted octanol–water partition coefficient (Wildman–Crippen LogP) is 9.50. The Labute approximate surface area is 468 Å². The molecule has 6 aliphatic rings. The van der Waals surface area contributed by atoms with Gasteiger partial charge in [-0.05, 0) is 124 Å². The Balaban J connectivity index is 0.592. The van der Waals surface area contributed by atoms with Crippen molar-refractivity contribution in [2.75, 3.05) is 42.5 Å². The van der Waals surface area contributed by atoms with Crippen LogP contribution in [0.15, 0.2) is 107 Å². The molecule has 416 valence electrons. The summed E-state index contributed by atoms with van der Waals surface area (Å²) in [5.41, 5.74) is 8.12. The number of H-pyrrole nitrogens is 1. The Hall–Kier alpha value is -7.19. The Morgan fingerprint density at radius 1 is 0.875 bits per heavy atom. The van der Waals surface area contributed by atoms with Crippen LogP contribution < -0.4 is 20.0 Å². The molecular weight excluding hydrogens is 1040 g/mol. The number of aliphatic hydroxyl groups is 1. The summed E-state index contributed by atoms with van der Waals surface area (Å²) < 4.78 is 26.9. The topological polar surface area (TPSA) is 207 Å². The molecule has 20 heteroatoms. The normalized spacial score (nSPS) is 25.8. The molecule has 18 nitrogen and oxygen atoms in total. The van der Waals surface area contributed by atoms with Crippen LogP contribution in [0.1, 0.15) is 107 Å². The van der Waals surface area contributed by atoms with Gasteiger partial charge in [-0.1, -0.05) is 80.0 Å². The molecule has 1 aliphatic carbocycles. The minimum Gasteiger partial charge on any atom is -0.507 e. The molecule has 3 aromatic carbocycles. The molecule has 9 heterocycles. The van der Waals surface area contributed by atoms with Gasteiger partial charge in [0.25, 0.3) is 5.88 Å². The molecule has 6 atom stereocenters. The van der Waals surface area contributed by atoms with E-state index in [0.29, 0.717) is 46.7 Å². The minimum atomic E-state index is -1.13. The van der Waals surface area contributed by atoms with Crippen LogP contribution in [-0.4, -0.2) is 131 Å². The van der Waals surface area contributed by atoms with Crippen molar-refractivity contribution in [3.63, 3.8) is 0 Å². The number of hydrogen-bond acceptors (Lipinski definition) is 16. The number of fused-ring (bicyclic) bond motifs is 3. The first-order valence-electron chi connectivity index (χ1n) is 28.3. The second kappa shape index (κ2) is 21.4. The SMILES string of the molecule is CC(C)[C@@H](C(=O)N1C[C@H](O)C[C@H]1C1=N[C@@](C)(c2ccc(-c3ccccc3F)cc2)ON1)c1onc(OC2CCC(N3CCC(c4cnc(N5C6CCC5CN(c5c[nH]c7nnc(-c8ccccc8O)cc57)C6)nc4)CC3)CC2)c1Cl. The van der Waals surface area contributed by atoms with Gasteiger partial charge >= 0.3 is 0 Å². The van der Waals surface area contributed by atoms with Crippen LogP contribution in [0.5, 0.6) is 11.6 Å². The van der Waals surface area contributed by atoms with E-state index in [0.717, 1.165) is 111 Å². The summed E-state index contributed by atoms with van der Waals surface area (Å²) in [6, 6.07) is 23.7. The number of nitrogens with zero attached hydrogens (tertiary/aromatic N) is 10. The number of nitrogens with one attached hydrogen (secondary N) is 2. The summed E-state index contributed by atoms with van der Waals surface area (Å²) in [4.78, 5) is 48.1. The minimum absolute atomic E-state index is 0.0939. The Morgan fingerprint density at radius 2 is 1.57 bits per heavy atom. The molecule has 5 aliphatic heterocycles. The van der Waals surface area contributed by atoms with E-state index in [1.165, 1.54) is 11.6 Å². The summed E-state index contributed by atoms with van der Waals surface area (Å²) in [6.07, 6.45) is 13.5. The largest absolute Gasteiger partial charge is 0.507 e. The maximum atomic E-state index is 14.6. The number of carbonyl (C=O) groups is 1. The maximum Gasteiger partial charge on any atom is 0.273 e. The first-order chi connectivity index (χ1) is 38.9. The number of benzene rings is 3. The van der Waals surface area contributed by atoms with E-state index in [4.69, 9.17) is 40.7 Å². The molecule has 0 spiro atoms. The van der Waals surface area contributed by atoms with Crippen LogP contribution in [0.2, 0.25) is 5.02 Å².